The third-order valence-corrected chi connectivity index (χ3v) is 4.56. The molecule has 6 nitrogen and oxygen atoms in total. The number of hydrogen-bond acceptors (Lipinski definition) is 5. The second kappa shape index (κ2) is 7.23. The number of hydrogen-bond donors (Lipinski definition) is 2. The molecule has 122 valence electrons. The highest BCUT2D eigenvalue weighted by Gasteiger charge is 2.15. The lowest BCUT2D eigenvalue weighted by atomic mass is 10.0. The molecule has 0 aliphatic rings. The molecule has 0 atom stereocenters. The minimum absolute atomic E-state index is 0.169. The standard InChI is InChI=1S/C16H20N4O2S/c1-4-11-17-15-9-10-16(19-18-15)20-23(21,22)14-7-5-13(6-8-14)12(2)3/h4-10,12H,1,11H2,2-3H3,(H,17,18)(H,19,20). The molecular weight excluding hydrogens is 312 g/mol. The smallest absolute Gasteiger partial charge is 0.263 e. The zero-order valence-electron chi connectivity index (χ0n) is 13.2. The molecule has 0 unspecified atom stereocenters. The van der Waals surface area contributed by atoms with Crippen molar-refractivity contribution >= 4 is 21.7 Å². The van der Waals surface area contributed by atoms with Gasteiger partial charge in [0, 0.05) is 6.54 Å². The van der Waals surface area contributed by atoms with E-state index in [9.17, 15) is 8.42 Å². The Kier molecular flexibility index (Phi) is 5.33. The van der Waals surface area contributed by atoms with E-state index in [1.54, 1.807) is 30.3 Å². The van der Waals surface area contributed by atoms with Crippen LogP contribution in [0.4, 0.5) is 11.6 Å². The van der Waals surface area contributed by atoms with Crippen LogP contribution in [0.5, 0.6) is 0 Å². The molecule has 0 bridgehead atoms. The highest BCUT2D eigenvalue weighted by atomic mass is 32.2. The Labute approximate surface area is 136 Å². The molecule has 23 heavy (non-hydrogen) atoms. The van der Waals surface area contributed by atoms with Gasteiger partial charge in [-0.05, 0) is 35.7 Å². The molecule has 0 aliphatic heterocycles. The van der Waals surface area contributed by atoms with E-state index in [-0.39, 0.29) is 10.7 Å². The van der Waals surface area contributed by atoms with Gasteiger partial charge in [-0.2, -0.15) is 0 Å². The summed E-state index contributed by atoms with van der Waals surface area (Å²) in [5.74, 6) is 1.07. The van der Waals surface area contributed by atoms with Gasteiger partial charge in [0.15, 0.2) is 5.82 Å². The maximum atomic E-state index is 12.3. The lowest BCUT2D eigenvalue weighted by molar-refractivity contribution is 0.601. The van der Waals surface area contributed by atoms with Crippen molar-refractivity contribution in [2.45, 2.75) is 24.7 Å². The van der Waals surface area contributed by atoms with Crippen molar-refractivity contribution in [1.29, 1.82) is 0 Å². The van der Waals surface area contributed by atoms with Crippen LogP contribution in [-0.2, 0) is 10.0 Å². The van der Waals surface area contributed by atoms with Gasteiger partial charge >= 0.3 is 0 Å². The van der Waals surface area contributed by atoms with Gasteiger partial charge in [-0.1, -0.05) is 32.1 Å². The maximum Gasteiger partial charge on any atom is 0.263 e. The summed E-state index contributed by atoms with van der Waals surface area (Å²) < 4.78 is 27.1. The van der Waals surface area contributed by atoms with Crippen molar-refractivity contribution in [3.05, 3.63) is 54.6 Å². The molecule has 0 saturated carbocycles. The van der Waals surface area contributed by atoms with Crippen LogP contribution < -0.4 is 10.0 Å². The predicted molar refractivity (Wildman–Crippen MR) is 92.1 cm³/mol. The third-order valence-electron chi connectivity index (χ3n) is 3.19. The van der Waals surface area contributed by atoms with Crippen LogP contribution in [0.3, 0.4) is 0 Å². The molecule has 7 heteroatoms. The van der Waals surface area contributed by atoms with Gasteiger partial charge < -0.3 is 5.32 Å². The number of rotatable bonds is 7. The van der Waals surface area contributed by atoms with Crippen molar-refractivity contribution in [3.63, 3.8) is 0 Å². The number of nitrogens with one attached hydrogen (secondary N) is 2. The Morgan fingerprint density at radius 2 is 1.70 bits per heavy atom. The average Bonchev–Trinajstić information content (AvgIpc) is 2.54. The fraction of sp³-hybridized carbons (Fsp3) is 0.250. The summed E-state index contributed by atoms with van der Waals surface area (Å²) in [5.41, 5.74) is 1.08. The SMILES string of the molecule is C=CCNc1ccc(NS(=O)(=O)c2ccc(C(C)C)cc2)nn1. The van der Waals surface area contributed by atoms with E-state index in [1.807, 2.05) is 12.1 Å². The molecule has 0 radical (unpaired) electrons. The lowest BCUT2D eigenvalue weighted by Crippen LogP contribution is -2.14. The lowest BCUT2D eigenvalue weighted by Gasteiger charge is -2.09. The van der Waals surface area contributed by atoms with Crippen LogP contribution in [0.2, 0.25) is 0 Å². The first-order valence-electron chi connectivity index (χ1n) is 7.23. The van der Waals surface area contributed by atoms with Crippen LogP contribution in [0.15, 0.2) is 53.9 Å². The zero-order chi connectivity index (χ0) is 16.9. The Morgan fingerprint density at radius 1 is 1.09 bits per heavy atom. The molecule has 2 rings (SSSR count). The van der Waals surface area contributed by atoms with Gasteiger partial charge in [0.05, 0.1) is 4.90 Å². The number of sulfonamides is 1. The Bertz CT molecular complexity index is 754. The van der Waals surface area contributed by atoms with Gasteiger partial charge in [0.25, 0.3) is 10.0 Å². The van der Waals surface area contributed by atoms with Gasteiger partial charge in [-0.25, -0.2) is 8.42 Å². The molecule has 1 aromatic heterocycles. The quantitative estimate of drug-likeness (QED) is 0.762. The molecule has 0 aliphatic carbocycles. The molecule has 1 heterocycles. The Morgan fingerprint density at radius 3 is 2.22 bits per heavy atom. The Hall–Kier alpha value is -2.41. The number of anilines is 2. The maximum absolute atomic E-state index is 12.3. The van der Waals surface area contributed by atoms with E-state index < -0.39 is 10.0 Å². The molecule has 0 amide bonds. The van der Waals surface area contributed by atoms with Crippen molar-refractivity contribution in [2.24, 2.45) is 0 Å². The molecule has 2 N–H and O–H groups in total. The second-order valence-corrected chi connectivity index (χ2v) is 6.99. The molecule has 1 aromatic carbocycles. The van der Waals surface area contributed by atoms with Gasteiger partial charge in [0.1, 0.15) is 5.82 Å². The third kappa shape index (κ3) is 4.53. The van der Waals surface area contributed by atoms with E-state index in [2.05, 4.69) is 40.7 Å². The minimum atomic E-state index is -3.67. The van der Waals surface area contributed by atoms with Gasteiger partial charge in [-0.15, -0.1) is 16.8 Å². The predicted octanol–water partition coefficient (Wildman–Crippen LogP) is 3.00. The molecule has 0 fully saturated rings. The van der Waals surface area contributed by atoms with E-state index in [0.29, 0.717) is 18.3 Å². The summed E-state index contributed by atoms with van der Waals surface area (Å²) in [6.45, 7) is 8.26. The van der Waals surface area contributed by atoms with Crippen LogP contribution in [-0.4, -0.2) is 25.2 Å². The fourth-order valence-electron chi connectivity index (χ4n) is 1.89. The van der Waals surface area contributed by atoms with Crippen molar-refractivity contribution in [1.82, 2.24) is 10.2 Å². The summed E-state index contributed by atoms with van der Waals surface area (Å²) in [6.07, 6.45) is 1.69. The van der Waals surface area contributed by atoms with Crippen LogP contribution in [0.25, 0.3) is 0 Å². The topological polar surface area (TPSA) is 84.0 Å². The van der Waals surface area contributed by atoms with Crippen molar-refractivity contribution < 1.29 is 8.42 Å². The van der Waals surface area contributed by atoms with E-state index in [0.717, 1.165) is 5.56 Å². The molecule has 2 aromatic rings. The van der Waals surface area contributed by atoms with Crippen LogP contribution >= 0.6 is 0 Å². The molecular formula is C16H20N4O2S. The number of aromatic nitrogens is 2. The van der Waals surface area contributed by atoms with E-state index in [1.165, 1.54) is 0 Å². The van der Waals surface area contributed by atoms with Crippen molar-refractivity contribution in [2.75, 3.05) is 16.6 Å². The number of benzene rings is 1. The normalized spacial score (nSPS) is 11.3. The molecule has 0 saturated heterocycles. The summed E-state index contributed by atoms with van der Waals surface area (Å²) >= 11 is 0. The minimum Gasteiger partial charge on any atom is -0.365 e. The largest absolute Gasteiger partial charge is 0.365 e. The monoisotopic (exact) mass is 332 g/mol. The molecule has 0 spiro atoms. The summed E-state index contributed by atoms with van der Waals surface area (Å²) in [4.78, 5) is 0.192. The highest BCUT2D eigenvalue weighted by Crippen LogP contribution is 2.19. The Balaban J connectivity index is 2.12. The van der Waals surface area contributed by atoms with E-state index >= 15 is 0 Å². The van der Waals surface area contributed by atoms with Crippen LogP contribution in [0, 0.1) is 0 Å². The first kappa shape index (κ1) is 17.0. The van der Waals surface area contributed by atoms with Gasteiger partial charge in [0.2, 0.25) is 0 Å². The highest BCUT2D eigenvalue weighted by molar-refractivity contribution is 7.92. The summed E-state index contributed by atoms with van der Waals surface area (Å²) in [6, 6.07) is 10.0. The second-order valence-electron chi connectivity index (χ2n) is 5.30. The zero-order valence-corrected chi connectivity index (χ0v) is 14.0. The van der Waals surface area contributed by atoms with Gasteiger partial charge in [-0.3, -0.25) is 4.72 Å². The number of nitrogens with zero attached hydrogens (tertiary/aromatic N) is 2. The van der Waals surface area contributed by atoms with E-state index in [4.69, 9.17) is 0 Å². The average molecular weight is 332 g/mol. The first-order chi connectivity index (χ1) is 10.9. The first-order valence-corrected chi connectivity index (χ1v) is 8.72. The summed E-state index contributed by atoms with van der Waals surface area (Å²) in [5, 5.41) is 10.7. The summed E-state index contributed by atoms with van der Waals surface area (Å²) in [7, 11) is -3.67. The van der Waals surface area contributed by atoms with Crippen LogP contribution in [0.1, 0.15) is 25.3 Å². The fourth-order valence-corrected chi connectivity index (χ4v) is 2.88. The van der Waals surface area contributed by atoms with Crippen molar-refractivity contribution in [3.8, 4) is 0 Å².